The summed E-state index contributed by atoms with van der Waals surface area (Å²) < 4.78 is 5.24. The Kier molecular flexibility index (Phi) is 4.47. The van der Waals surface area contributed by atoms with Gasteiger partial charge in [0.15, 0.2) is 5.78 Å². The normalized spacial score (nSPS) is 17.4. The predicted octanol–water partition coefficient (Wildman–Crippen LogP) is 1.60. The predicted molar refractivity (Wildman–Crippen MR) is 67.7 cm³/mol. The van der Waals surface area contributed by atoms with E-state index in [1.54, 1.807) is 6.08 Å². The van der Waals surface area contributed by atoms with Gasteiger partial charge >= 0.3 is 0 Å². The van der Waals surface area contributed by atoms with Crippen molar-refractivity contribution < 1.29 is 9.53 Å². The van der Waals surface area contributed by atoms with Gasteiger partial charge in [-0.2, -0.15) is 0 Å². The van der Waals surface area contributed by atoms with E-state index >= 15 is 0 Å². The minimum Gasteiger partial charge on any atom is -0.379 e. The van der Waals surface area contributed by atoms with E-state index in [0.29, 0.717) is 6.54 Å². The van der Waals surface area contributed by atoms with Crippen molar-refractivity contribution in [3.8, 4) is 0 Å². The quantitative estimate of drug-likeness (QED) is 0.737. The number of hydrogen-bond acceptors (Lipinski definition) is 3. The lowest BCUT2D eigenvalue weighted by molar-refractivity contribution is -0.116. The molecule has 1 aromatic carbocycles. The van der Waals surface area contributed by atoms with Crippen LogP contribution < -0.4 is 0 Å². The van der Waals surface area contributed by atoms with Crippen molar-refractivity contribution in [3.63, 3.8) is 0 Å². The second-order valence-electron chi connectivity index (χ2n) is 4.10. The molecule has 0 radical (unpaired) electrons. The molecule has 17 heavy (non-hydrogen) atoms. The first kappa shape index (κ1) is 12.0. The average molecular weight is 231 g/mol. The van der Waals surface area contributed by atoms with Crippen LogP contribution in [-0.4, -0.2) is 43.5 Å². The third-order valence-corrected chi connectivity index (χ3v) is 2.74. The molecule has 1 aromatic rings. The molecule has 0 amide bonds. The Balaban J connectivity index is 1.82. The lowest BCUT2D eigenvalue weighted by Crippen LogP contribution is -2.39. The Morgan fingerprint density at radius 1 is 1.24 bits per heavy atom. The second kappa shape index (κ2) is 6.33. The zero-order chi connectivity index (χ0) is 11.9. The summed E-state index contributed by atoms with van der Waals surface area (Å²) in [6.07, 6.45) is 3.52. The van der Waals surface area contributed by atoms with Crippen LogP contribution in [0.5, 0.6) is 0 Å². The topological polar surface area (TPSA) is 29.5 Å². The van der Waals surface area contributed by atoms with Gasteiger partial charge in [-0.25, -0.2) is 0 Å². The molecule has 0 aliphatic carbocycles. The van der Waals surface area contributed by atoms with Crippen molar-refractivity contribution in [2.24, 2.45) is 0 Å². The molecule has 1 fully saturated rings. The summed E-state index contributed by atoms with van der Waals surface area (Å²) in [5.41, 5.74) is 1.06. The van der Waals surface area contributed by atoms with Gasteiger partial charge in [0, 0.05) is 13.1 Å². The third-order valence-electron chi connectivity index (χ3n) is 2.74. The van der Waals surface area contributed by atoms with Gasteiger partial charge in [-0.05, 0) is 11.6 Å². The number of ether oxygens (including phenoxy) is 1. The molecule has 1 heterocycles. The first-order valence-electron chi connectivity index (χ1n) is 5.91. The summed E-state index contributed by atoms with van der Waals surface area (Å²) in [6.45, 7) is 3.66. The highest BCUT2D eigenvalue weighted by molar-refractivity contribution is 5.95. The van der Waals surface area contributed by atoms with Crippen LogP contribution in [0.15, 0.2) is 36.4 Å². The van der Waals surface area contributed by atoms with Crippen molar-refractivity contribution in [1.29, 1.82) is 0 Å². The van der Waals surface area contributed by atoms with E-state index in [1.807, 2.05) is 36.4 Å². The SMILES string of the molecule is O=C(/C=C/c1ccccc1)CN1CCOCC1. The highest BCUT2D eigenvalue weighted by Crippen LogP contribution is 2.02. The van der Waals surface area contributed by atoms with Gasteiger partial charge in [0.1, 0.15) is 0 Å². The number of benzene rings is 1. The first-order valence-corrected chi connectivity index (χ1v) is 5.91. The van der Waals surface area contributed by atoms with Gasteiger partial charge in [0.2, 0.25) is 0 Å². The highest BCUT2D eigenvalue weighted by atomic mass is 16.5. The Morgan fingerprint density at radius 3 is 2.65 bits per heavy atom. The minimum absolute atomic E-state index is 0.149. The third kappa shape index (κ3) is 4.13. The van der Waals surface area contributed by atoms with E-state index in [2.05, 4.69) is 4.90 Å². The maximum Gasteiger partial charge on any atom is 0.169 e. The van der Waals surface area contributed by atoms with E-state index in [-0.39, 0.29) is 5.78 Å². The zero-order valence-corrected chi connectivity index (χ0v) is 9.84. The van der Waals surface area contributed by atoms with Gasteiger partial charge in [-0.15, -0.1) is 0 Å². The van der Waals surface area contributed by atoms with Gasteiger partial charge < -0.3 is 4.74 Å². The number of carbonyl (C=O) groups is 1. The Bertz CT molecular complexity index is 380. The Labute approximate surface area is 102 Å². The molecule has 0 aromatic heterocycles. The van der Waals surface area contributed by atoms with Gasteiger partial charge in [-0.3, -0.25) is 9.69 Å². The van der Waals surface area contributed by atoms with E-state index in [9.17, 15) is 4.79 Å². The second-order valence-corrected chi connectivity index (χ2v) is 4.10. The van der Waals surface area contributed by atoms with Crippen LogP contribution in [0.2, 0.25) is 0 Å². The molecule has 1 aliphatic rings. The smallest absolute Gasteiger partial charge is 0.169 e. The molecule has 90 valence electrons. The fourth-order valence-corrected chi connectivity index (χ4v) is 1.79. The van der Waals surface area contributed by atoms with Crippen molar-refractivity contribution in [2.75, 3.05) is 32.8 Å². The number of ketones is 1. The molecule has 0 N–H and O–H groups in total. The largest absolute Gasteiger partial charge is 0.379 e. The van der Waals surface area contributed by atoms with Gasteiger partial charge in [-0.1, -0.05) is 36.4 Å². The summed E-state index contributed by atoms with van der Waals surface area (Å²) in [5, 5.41) is 0. The Hall–Kier alpha value is -1.45. The maximum atomic E-state index is 11.7. The molecule has 0 saturated carbocycles. The number of nitrogens with zero attached hydrogens (tertiary/aromatic N) is 1. The summed E-state index contributed by atoms with van der Waals surface area (Å²) in [7, 11) is 0. The first-order chi connectivity index (χ1) is 8.34. The standard InChI is InChI=1S/C14H17NO2/c16-14(12-15-8-10-17-11-9-15)7-6-13-4-2-1-3-5-13/h1-7H,8-12H2/b7-6+. The molecule has 3 nitrogen and oxygen atoms in total. The van der Waals surface area contributed by atoms with E-state index in [1.165, 1.54) is 0 Å². The zero-order valence-electron chi connectivity index (χ0n) is 9.84. The summed E-state index contributed by atoms with van der Waals surface area (Å²) in [5.74, 6) is 0.149. The van der Waals surface area contributed by atoms with Crippen LogP contribution in [0.3, 0.4) is 0 Å². The summed E-state index contributed by atoms with van der Waals surface area (Å²) in [6, 6.07) is 9.86. The van der Waals surface area contributed by atoms with Crippen molar-refractivity contribution in [1.82, 2.24) is 4.90 Å². The van der Waals surface area contributed by atoms with Gasteiger partial charge in [0.25, 0.3) is 0 Å². The van der Waals surface area contributed by atoms with Crippen molar-refractivity contribution >= 4 is 11.9 Å². The summed E-state index contributed by atoms with van der Waals surface area (Å²) in [4.78, 5) is 13.8. The molecule has 0 atom stereocenters. The van der Waals surface area contributed by atoms with Crippen LogP contribution in [0.4, 0.5) is 0 Å². The maximum absolute atomic E-state index is 11.7. The van der Waals surface area contributed by atoms with E-state index < -0.39 is 0 Å². The van der Waals surface area contributed by atoms with E-state index in [4.69, 9.17) is 4.74 Å². The lowest BCUT2D eigenvalue weighted by Gasteiger charge is -2.25. The molecular formula is C14H17NO2. The molecule has 3 heteroatoms. The van der Waals surface area contributed by atoms with Crippen molar-refractivity contribution in [2.45, 2.75) is 0 Å². The van der Waals surface area contributed by atoms with Crippen LogP contribution in [-0.2, 0) is 9.53 Å². The number of morpholine rings is 1. The molecule has 1 aliphatic heterocycles. The fraction of sp³-hybridized carbons (Fsp3) is 0.357. The minimum atomic E-state index is 0.149. The average Bonchev–Trinajstić information content (AvgIpc) is 2.39. The monoisotopic (exact) mass is 231 g/mol. The van der Waals surface area contributed by atoms with Crippen LogP contribution >= 0.6 is 0 Å². The molecule has 0 unspecified atom stereocenters. The van der Waals surface area contributed by atoms with Crippen molar-refractivity contribution in [3.05, 3.63) is 42.0 Å². The van der Waals surface area contributed by atoms with Gasteiger partial charge in [0.05, 0.1) is 19.8 Å². The molecule has 0 bridgehead atoms. The highest BCUT2D eigenvalue weighted by Gasteiger charge is 2.12. The molecule has 0 spiro atoms. The fourth-order valence-electron chi connectivity index (χ4n) is 1.79. The van der Waals surface area contributed by atoms with Crippen LogP contribution in [0.1, 0.15) is 5.56 Å². The molecule has 1 saturated heterocycles. The number of hydrogen-bond donors (Lipinski definition) is 0. The molecular weight excluding hydrogens is 214 g/mol. The number of carbonyl (C=O) groups excluding carboxylic acids is 1. The van der Waals surface area contributed by atoms with E-state index in [0.717, 1.165) is 31.9 Å². The molecule has 2 rings (SSSR count). The van der Waals surface area contributed by atoms with Crippen LogP contribution in [0.25, 0.3) is 6.08 Å². The van der Waals surface area contributed by atoms with Crippen LogP contribution in [0, 0.1) is 0 Å². The Morgan fingerprint density at radius 2 is 1.94 bits per heavy atom. The number of rotatable bonds is 4. The summed E-state index contributed by atoms with van der Waals surface area (Å²) >= 11 is 0. The lowest BCUT2D eigenvalue weighted by atomic mass is 10.2.